The molecule has 3 nitrogen and oxygen atoms in total. The number of allylic oxidation sites excluding steroid dienone is 1. The second kappa shape index (κ2) is 5.62. The first kappa shape index (κ1) is 11.9. The summed E-state index contributed by atoms with van der Waals surface area (Å²) in [5.41, 5.74) is 0.857. The van der Waals surface area contributed by atoms with Gasteiger partial charge in [0.1, 0.15) is 0 Å². The first-order valence-electron chi connectivity index (χ1n) is 4.82. The van der Waals surface area contributed by atoms with Crippen LogP contribution in [0.3, 0.4) is 0 Å². The van der Waals surface area contributed by atoms with Crippen LogP contribution in [0.2, 0.25) is 0 Å². The molecule has 0 aliphatic carbocycles. The summed E-state index contributed by atoms with van der Waals surface area (Å²) in [7, 11) is 0. The van der Waals surface area contributed by atoms with Gasteiger partial charge < -0.3 is 0 Å². The van der Waals surface area contributed by atoms with E-state index in [-0.39, 0.29) is 0 Å². The smallest absolute Gasteiger partial charge is 0.180 e. The van der Waals surface area contributed by atoms with Gasteiger partial charge in [0.05, 0.1) is 6.07 Å². The van der Waals surface area contributed by atoms with Crippen molar-refractivity contribution in [3.8, 4) is 6.07 Å². The summed E-state index contributed by atoms with van der Waals surface area (Å²) in [4.78, 5) is 22.4. The summed E-state index contributed by atoms with van der Waals surface area (Å²) >= 11 is 0. The molecule has 0 N–H and O–H groups in total. The molecule has 0 saturated carbocycles. The maximum Gasteiger partial charge on any atom is 0.180 e. The monoisotopic (exact) mass is 213 g/mol. The molecule has 0 aromatic heterocycles. The minimum atomic E-state index is -1.18. The number of ketones is 2. The lowest BCUT2D eigenvalue weighted by Crippen LogP contribution is -2.17. The minimum Gasteiger partial charge on any atom is -0.298 e. The molecule has 0 fully saturated rings. The van der Waals surface area contributed by atoms with Gasteiger partial charge in [-0.15, -0.1) is 0 Å². The van der Waals surface area contributed by atoms with Crippen LogP contribution in [-0.4, -0.2) is 11.6 Å². The SMILES string of the molecule is CC(=O)C(C#N)C(=O)/C=C/c1ccccc1. The van der Waals surface area contributed by atoms with E-state index in [2.05, 4.69) is 0 Å². The summed E-state index contributed by atoms with van der Waals surface area (Å²) in [6.07, 6.45) is 2.86. The molecule has 16 heavy (non-hydrogen) atoms. The van der Waals surface area contributed by atoms with Crippen molar-refractivity contribution in [2.24, 2.45) is 5.92 Å². The number of rotatable bonds is 4. The topological polar surface area (TPSA) is 57.9 Å². The Labute approximate surface area is 94.0 Å². The average Bonchev–Trinajstić information content (AvgIpc) is 2.28. The zero-order chi connectivity index (χ0) is 12.0. The van der Waals surface area contributed by atoms with Crippen LogP contribution in [0.4, 0.5) is 0 Å². The van der Waals surface area contributed by atoms with Crippen molar-refractivity contribution in [1.82, 2.24) is 0 Å². The van der Waals surface area contributed by atoms with E-state index in [4.69, 9.17) is 5.26 Å². The number of carbonyl (C=O) groups is 2. The van der Waals surface area contributed by atoms with Crippen molar-refractivity contribution in [2.75, 3.05) is 0 Å². The van der Waals surface area contributed by atoms with Crippen molar-refractivity contribution in [3.05, 3.63) is 42.0 Å². The van der Waals surface area contributed by atoms with Crippen molar-refractivity contribution in [2.45, 2.75) is 6.92 Å². The third-order valence-corrected chi connectivity index (χ3v) is 2.06. The number of nitrogens with zero attached hydrogens (tertiary/aromatic N) is 1. The number of benzene rings is 1. The molecule has 0 saturated heterocycles. The highest BCUT2D eigenvalue weighted by Gasteiger charge is 2.19. The molecule has 1 rings (SSSR count). The van der Waals surface area contributed by atoms with Gasteiger partial charge in [0.25, 0.3) is 0 Å². The third kappa shape index (κ3) is 3.18. The van der Waals surface area contributed by atoms with Crippen molar-refractivity contribution in [3.63, 3.8) is 0 Å². The summed E-state index contributed by atoms with van der Waals surface area (Å²) in [6.45, 7) is 1.24. The molecule has 0 radical (unpaired) electrons. The number of hydrogen-bond acceptors (Lipinski definition) is 3. The van der Waals surface area contributed by atoms with E-state index in [1.54, 1.807) is 12.1 Å². The zero-order valence-electron chi connectivity index (χ0n) is 8.88. The molecular formula is C13H11NO2. The van der Waals surface area contributed by atoms with Gasteiger partial charge in [0.2, 0.25) is 0 Å². The van der Waals surface area contributed by atoms with E-state index in [9.17, 15) is 9.59 Å². The Hall–Kier alpha value is -2.21. The molecule has 0 aliphatic rings. The fourth-order valence-electron chi connectivity index (χ4n) is 1.19. The molecule has 0 bridgehead atoms. The van der Waals surface area contributed by atoms with Gasteiger partial charge in [-0.1, -0.05) is 36.4 Å². The van der Waals surface area contributed by atoms with E-state index in [1.165, 1.54) is 13.0 Å². The average molecular weight is 213 g/mol. The first-order valence-corrected chi connectivity index (χ1v) is 4.82. The maximum absolute atomic E-state index is 11.5. The van der Waals surface area contributed by atoms with Gasteiger partial charge in [0.15, 0.2) is 17.5 Å². The highest BCUT2D eigenvalue weighted by atomic mass is 16.1. The third-order valence-electron chi connectivity index (χ3n) is 2.06. The quantitative estimate of drug-likeness (QED) is 0.567. The number of hydrogen-bond donors (Lipinski definition) is 0. The molecule has 1 aromatic carbocycles. The summed E-state index contributed by atoms with van der Waals surface area (Å²) in [5, 5.41) is 8.64. The second-order valence-electron chi connectivity index (χ2n) is 3.32. The molecule has 0 spiro atoms. The predicted molar refractivity (Wildman–Crippen MR) is 60.3 cm³/mol. The van der Waals surface area contributed by atoms with Crippen LogP contribution in [0.5, 0.6) is 0 Å². The number of nitriles is 1. The Kier molecular flexibility index (Phi) is 4.16. The molecule has 1 unspecified atom stereocenters. The van der Waals surface area contributed by atoms with Gasteiger partial charge in [-0.05, 0) is 18.6 Å². The molecule has 3 heteroatoms. The first-order chi connectivity index (χ1) is 7.65. The van der Waals surface area contributed by atoms with Crippen molar-refractivity contribution in [1.29, 1.82) is 5.26 Å². The van der Waals surface area contributed by atoms with Gasteiger partial charge in [-0.2, -0.15) is 5.26 Å². The Morgan fingerprint density at radius 1 is 1.31 bits per heavy atom. The van der Waals surface area contributed by atoms with Crippen molar-refractivity contribution >= 4 is 17.6 Å². The van der Waals surface area contributed by atoms with E-state index < -0.39 is 17.5 Å². The zero-order valence-corrected chi connectivity index (χ0v) is 8.88. The van der Waals surface area contributed by atoms with Crippen LogP contribution >= 0.6 is 0 Å². The lowest BCUT2D eigenvalue weighted by molar-refractivity contribution is -0.126. The number of Topliss-reactive ketones (excluding diaryl/α,β-unsaturated/α-hetero) is 1. The van der Waals surface area contributed by atoms with Crippen LogP contribution < -0.4 is 0 Å². The molecule has 0 heterocycles. The lowest BCUT2D eigenvalue weighted by atomic mass is 10.0. The van der Waals surface area contributed by atoms with Gasteiger partial charge in [0, 0.05) is 0 Å². The summed E-state index contributed by atoms with van der Waals surface area (Å²) in [6, 6.07) is 10.9. The van der Waals surface area contributed by atoms with Gasteiger partial charge in [-0.3, -0.25) is 9.59 Å². The van der Waals surface area contributed by atoms with Crippen molar-refractivity contribution < 1.29 is 9.59 Å². The highest BCUT2D eigenvalue weighted by Crippen LogP contribution is 2.05. The summed E-state index contributed by atoms with van der Waals surface area (Å²) in [5.74, 6) is -2.08. The standard InChI is InChI=1S/C13H11NO2/c1-10(15)12(9-14)13(16)8-7-11-5-3-2-4-6-11/h2-8,12H,1H3/b8-7+. The molecule has 1 atom stereocenters. The largest absolute Gasteiger partial charge is 0.298 e. The molecular weight excluding hydrogens is 202 g/mol. The van der Waals surface area contributed by atoms with Crippen LogP contribution in [0.25, 0.3) is 6.08 Å². The molecule has 0 aliphatic heterocycles. The van der Waals surface area contributed by atoms with Crippen LogP contribution in [0.1, 0.15) is 12.5 Å². The fraction of sp³-hybridized carbons (Fsp3) is 0.154. The second-order valence-corrected chi connectivity index (χ2v) is 3.32. The summed E-state index contributed by atoms with van der Waals surface area (Å²) < 4.78 is 0. The predicted octanol–water partition coefficient (Wildman–Crippen LogP) is 2.00. The van der Waals surface area contributed by atoms with Crippen LogP contribution in [-0.2, 0) is 9.59 Å². The Morgan fingerprint density at radius 3 is 2.44 bits per heavy atom. The van der Waals surface area contributed by atoms with E-state index in [0.717, 1.165) is 5.56 Å². The molecule has 0 amide bonds. The normalized spacial score (nSPS) is 12.0. The van der Waals surface area contributed by atoms with Crippen LogP contribution in [0.15, 0.2) is 36.4 Å². The number of carbonyl (C=O) groups excluding carboxylic acids is 2. The lowest BCUT2D eigenvalue weighted by Gasteiger charge is -1.98. The van der Waals surface area contributed by atoms with E-state index >= 15 is 0 Å². The Morgan fingerprint density at radius 2 is 1.94 bits per heavy atom. The molecule has 1 aromatic rings. The van der Waals surface area contributed by atoms with E-state index in [0.29, 0.717) is 0 Å². The maximum atomic E-state index is 11.5. The van der Waals surface area contributed by atoms with Gasteiger partial charge >= 0.3 is 0 Å². The highest BCUT2D eigenvalue weighted by molar-refractivity contribution is 6.10. The minimum absolute atomic E-state index is 0.426. The fourth-order valence-corrected chi connectivity index (χ4v) is 1.19. The van der Waals surface area contributed by atoms with E-state index in [1.807, 2.05) is 30.3 Å². The van der Waals surface area contributed by atoms with Gasteiger partial charge in [-0.25, -0.2) is 0 Å². The Bertz CT molecular complexity index is 455. The Balaban J connectivity index is 2.76. The molecule has 80 valence electrons. The van der Waals surface area contributed by atoms with Crippen LogP contribution in [0, 0.1) is 17.2 Å².